The van der Waals surface area contributed by atoms with E-state index < -0.39 is 18.0 Å². The van der Waals surface area contributed by atoms with Crippen molar-refractivity contribution in [2.24, 2.45) is 0 Å². The molecular formula is C17H18N2O5. The lowest BCUT2D eigenvalue weighted by Gasteiger charge is -2.15. The Morgan fingerprint density at radius 3 is 2.50 bits per heavy atom. The Hall–Kier alpha value is -3.22. The van der Waals surface area contributed by atoms with Gasteiger partial charge in [0.2, 0.25) is 5.91 Å². The molecule has 2 amide bonds. The largest absolute Gasteiger partial charge is 0.497 e. The summed E-state index contributed by atoms with van der Waals surface area (Å²) in [6.07, 6.45) is -1.27. The fourth-order valence-corrected chi connectivity index (χ4v) is 1.94. The van der Waals surface area contributed by atoms with Gasteiger partial charge in [-0.15, -0.1) is 0 Å². The van der Waals surface area contributed by atoms with Crippen molar-refractivity contribution in [3.63, 3.8) is 0 Å². The highest BCUT2D eigenvalue weighted by Gasteiger charge is 2.16. The molecule has 0 saturated carbocycles. The zero-order chi connectivity index (χ0) is 17.5. The molecular weight excluding hydrogens is 312 g/mol. The minimum absolute atomic E-state index is 0.432. The molecule has 0 aliphatic carbocycles. The van der Waals surface area contributed by atoms with Crippen LogP contribution in [0.4, 0.5) is 10.5 Å². The fraction of sp³-hybridized carbons (Fsp3) is 0.176. The molecule has 0 saturated heterocycles. The minimum atomic E-state index is -1.27. The number of amides is 2. The van der Waals surface area contributed by atoms with Crippen LogP contribution in [-0.4, -0.2) is 30.3 Å². The summed E-state index contributed by atoms with van der Waals surface area (Å²) in [6.45, 7) is 1.45. The fourth-order valence-electron chi connectivity index (χ4n) is 1.94. The van der Waals surface area contributed by atoms with Crippen LogP contribution < -0.4 is 20.1 Å². The number of carboxylic acid groups (broad SMARTS) is 1. The summed E-state index contributed by atoms with van der Waals surface area (Å²) in [7, 11) is 1.56. The summed E-state index contributed by atoms with van der Waals surface area (Å²) in [4.78, 5) is 22.6. The van der Waals surface area contributed by atoms with E-state index in [1.54, 1.807) is 55.6 Å². The third kappa shape index (κ3) is 4.64. The van der Waals surface area contributed by atoms with E-state index in [1.807, 2.05) is 0 Å². The van der Waals surface area contributed by atoms with Crippen molar-refractivity contribution in [1.29, 1.82) is 0 Å². The monoisotopic (exact) mass is 330 g/mol. The first kappa shape index (κ1) is 17.1. The second-order valence-corrected chi connectivity index (χ2v) is 4.94. The number of nitrogens with one attached hydrogen (secondary N) is 2. The smallest absolute Gasteiger partial charge is 0.405 e. The third-order valence-electron chi connectivity index (χ3n) is 3.15. The molecule has 24 heavy (non-hydrogen) atoms. The second kappa shape index (κ2) is 7.87. The molecule has 0 heterocycles. The van der Waals surface area contributed by atoms with Crippen LogP contribution in [-0.2, 0) is 4.79 Å². The van der Waals surface area contributed by atoms with Gasteiger partial charge in [-0.3, -0.25) is 4.79 Å². The minimum Gasteiger partial charge on any atom is -0.497 e. The van der Waals surface area contributed by atoms with Crippen LogP contribution in [0, 0.1) is 0 Å². The zero-order valence-corrected chi connectivity index (χ0v) is 13.3. The number of carbonyl (C=O) groups is 2. The Balaban J connectivity index is 2.15. The van der Waals surface area contributed by atoms with Gasteiger partial charge in [0, 0.05) is 6.07 Å². The zero-order valence-electron chi connectivity index (χ0n) is 13.3. The summed E-state index contributed by atoms with van der Waals surface area (Å²) in [6, 6.07) is 13.0. The number of para-hydroxylation sites is 2. The molecule has 3 N–H and O–H groups in total. The standard InChI is InChI=1S/C17H18N2O5/c1-11(18-17(21)22)16(20)19-14-8-3-4-9-15(14)24-13-7-5-6-12(10-13)23-2/h3-11,18H,1-2H3,(H,19,20)(H,21,22)/t11-/m0/s1. The molecule has 0 unspecified atom stereocenters. The van der Waals surface area contributed by atoms with E-state index >= 15 is 0 Å². The number of hydrogen-bond donors (Lipinski definition) is 3. The molecule has 0 aliphatic heterocycles. The highest BCUT2D eigenvalue weighted by Crippen LogP contribution is 2.30. The number of anilines is 1. The van der Waals surface area contributed by atoms with Crippen molar-refractivity contribution in [3.05, 3.63) is 48.5 Å². The molecule has 2 rings (SSSR count). The first-order chi connectivity index (χ1) is 11.5. The van der Waals surface area contributed by atoms with Crippen molar-refractivity contribution in [2.75, 3.05) is 12.4 Å². The highest BCUT2D eigenvalue weighted by atomic mass is 16.5. The van der Waals surface area contributed by atoms with Crippen molar-refractivity contribution in [2.45, 2.75) is 13.0 Å². The van der Waals surface area contributed by atoms with Gasteiger partial charge in [-0.05, 0) is 31.2 Å². The van der Waals surface area contributed by atoms with Crippen LogP contribution in [0.3, 0.4) is 0 Å². The molecule has 1 atom stereocenters. The van der Waals surface area contributed by atoms with Crippen molar-refractivity contribution in [1.82, 2.24) is 5.32 Å². The topological polar surface area (TPSA) is 96.9 Å². The summed E-state index contributed by atoms with van der Waals surface area (Å²) in [5.74, 6) is 1.14. The predicted molar refractivity (Wildman–Crippen MR) is 88.8 cm³/mol. The van der Waals surface area contributed by atoms with Gasteiger partial charge in [0.15, 0.2) is 5.75 Å². The Bertz CT molecular complexity index is 732. The molecule has 7 heteroatoms. The van der Waals surface area contributed by atoms with Crippen LogP contribution in [0.15, 0.2) is 48.5 Å². The molecule has 0 spiro atoms. The van der Waals surface area contributed by atoms with E-state index in [-0.39, 0.29) is 0 Å². The molecule has 2 aromatic carbocycles. The molecule has 126 valence electrons. The van der Waals surface area contributed by atoms with Crippen LogP contribution in [0.5, 0.6) is 17.2 Å². The predicted octanol–water partition coefficient (Wildman–Crippen LogP) is 3.08. The van der Waals surface area contributed by atoms with Crippen molar-refractivity contribution < 1.29 is 24.2 Å². The maximum absolute atomic E-state index is 12.0. The number of ether oxygens (including phenoxy) is 2. The van der Waals surface area contributed by atoms with Gasteiger partial charge < -0.3 is 25.2 Å². The maximum Gasteiger partial charge on any atom is 0.405 e. The Morgan fingerprint density at radius 2 is 1.79 bits per heavy atom. The summed E-state index contributed by atoms with van der Waals surface area (Å²) in [5, 5.41) is 13.4. The van der Waals surface area contributed by atoms with Crippen LogP contribution in [0.1, 0.15) is 6.92 Å². The van der Waals surface area contributed by atoms with Gasteiger partial charge >= 0.3 is 6.09 Å². The van der Waals surface area contributed by atoms with Gasteiger partial charge in [-0.25, -0.2) is 4.79 Å². The average molecular weight is 330 g/mol. The average Bonchev–Trinajstić information content (AvgIpc) is 2.56. The normalized spacial score (nSPS) is 11.2. The number of rotatable bonds is 6. The molecule has 7 nitrogen and oxygen atoms in total. The SMILES string of the molecule is COc1cccc(Oc2ccccc2NC(=O)[C@H](C)NC(=O)O)c1. The number of hydrogen-bond acceptors (Lipinski definition) is 4. The lowest BCUT2D eigenvalue weighted by molar-refractivity contribution is -0.117. The van der Waals surface area contributed by atoms with Crippen LogP contribution in [0.2, 0.25) is 0 Å². The molecule has 0 aliphatic rings. The first-order valence-corrected chi connectivity index (χ1v) is 7.21. The maximum atomic E-state index is 12.0. The molecule has 0 fully saturated rings. The summed E-state index contributed by atoms with van der Waals surface area (Å²) >= 11 is 0. The third-order valence-corrected chi connectivity index (χ3v) is 3.15. The van der Waals surface area contributed by atoms with Crippen molar-refractivity contribution >= 4 is 17.7 Å². The number of benzene rings is 2. The van der Waals surface area contributed by atoms with Crippen LogP contribution in [0.25, 0.3) is 0 Å². The Labute approximate surface area is 139 Å². The van der Waals surface area contributed by atoms with Gasteiger partial charge in [0.1, 0.15) is 17.5 Å². The molecule has 0 bridgehead atoms. The van der Waals surface area contributed by atoms with Gasteiger partial charge in [0.05, 0.1) is 12.8 Å². The van der Waals surface area contributed by atoms with Crippen molar-refractivity contribution in [3.8, 4) is 17.2 Å². The lowest BCUT2D eigenvalue weighted by Crippen LogP contribution is -2.40. The van der Waals surface area contributed by atoms with Gasteiger partial charge in [0.25, 0.3) is 0 Å². The van der Waals surface area contributed by atoms with E-state index in [0.29, 0.717) is 22.9 Å². The summed E-state index contributed by atoms with van der Waals surface area (Å²) < 4.78 is 10.9. The Morgan fingerprint density at radius 1 is 1.08 bits per heavy atom. The number of carbonyl (C=O) groups excluding carboxylic acids is 1. The van der Waals surface area contributed by atoms with E-state index in [0.717, 1.165) is 0 Å². The van der Waals surface area contributed by atoms with E-state index in [9.17, 15) is 9.59 Å². The highest BCUT2D eigenvalue weighted by molar-refractivity contribution is 5.97. The number of methoxy groups -OCH3 is 1. The van der Waals surface area contributed by atoms with E-state index in [4.69, 9.17) is 14.6 Å². The first-order valence-electron chi connectivity index (χ1n) is 7.21. The van der Waals surface area contributed by atoms with Crippen LogP contribution >= 0.6 is 0 Å². The van der Waals surface area contributed by atoms with Gasteiger partial charge in [-0.2, -0.15) is 0 Å². The lowest BCUT2D eigenvalue weighted by atomic mass is 10.2. The van der Waals surface area contributed by atoms with Gasteiger partial charge in [-0.1, -0.05) is 18.2 Å². The van der Waals surface area contributed by atoms with E-state index in [1.165, 1.54) is 6.92 Å². The second-order valence-electron chi connectivity index (χ2n) is 4.94. The molecule has 0 radical (unpaired) electrons. The van der Waals surface area contributed by atoms with E-state index in [2.05, 4.69) is 10.6 Å². The summed E-state index contributed by atoms with van der Waals surface area (Å²) in [5.41, 5.74) is 0.435. The Kier molecular flexibility index (Phi) is 5.62. The quantitative estimate of drug-likeness (QED) is 0.756. The molecule has 2 aromatic rings. The molecule has 0 aromatic heterocycles.